The third-order valence-corrected chi connectivity index (χ3v) is 3.00. The number of nitrogen functional groups attached to an aromatic ring is 1. The van der Waals surface area contributed by atoms with Crippen LogP contribution >= 0.6 is 0 Å². The number of hydrogen-bond acceptors (Lipinski definition) is 4. The molecule has 88 valence electrons. The van der Waals surface area contributed by atoms with E-state index in [-0.39, 0.29) is 11.8 Å². The van der Waals surface area contributed by atoms with Crippen LogP contribution in [0.1, 0.15) is 24.2 Å². The predicted octanol–water partition coefficient (Wildman–Crippen LogP) is 1.26. The molecule has 0 aromatic carbocycles. The van der Waals surface area contributed by atoms with Gasteiger partial charge in [0.1, 0.15) is 6.33 Å². The summed E-state index contributed by atoms with van der Waals surface area (Å²) in [6.07, 6.45) is 6.79. The normalized spacial score (nSPS) is 14.6. The maximum atomic E-state index is 13.7. The van der Waals surface area contributed by atoms with Crippen LogP contribution in [0, 0.1) is 5.82 Å². The van der Waals surface area contributed by atoms with Crippen molar-refractivity contribution in [1.82, 2.24) is 19.5 Å². The first-order valence-electron chi connectivity index (χ1n) is 5.59. The van der Waals surface area contributed by atoms with Crippen molar-refractivity contribution in [2.24, 2.45) is 0 Å². The SMILES string of the molecule is Nc1ncc(F)c(-n2cnc3c2CCCC3)n1. The Hall–Kier alpha value is -1.98. The van der Waals surface area contributed by atoms with Gasteiger partial charge in [0.25, 0.3) is 0 Å². The largest absolute Gasteiger partial charge is 0.368 e. The van der Waals surface area contributed by atoms with Crippen LogP contribution in [0.2, 0.25) is 0 Å². The van der Waals surface area contributed by atoms with Gasteiger partial charge < -0.3 is 5.73 Å². The first kappa shape index (κ1) is 10.2. The minimum Gasteiger partial charge on any atom is -0.368 e. The van der Waals surface area contributed by atoms with Crippen molar-refractivity contribution in [2.45, 2.75) is 25.7 Å². The Balaban J connectivity index is 2.15. The summed E-state index contributed by atoms with van der Waals surface area (Å²) in [6.45, 7) is 0. The van der Waals surface area contributed by atoms with Crippen molar-refractivity contribution in [3.63, 3.8) is 0 Å². The van der Waals surface area contributed by atoms with Crippen LogP contribution in [0.5, 0.6) is 0 Å². The third-order valence-electron chi connectivity index (χ3n) is 3.00. The van der Waals surface area contributed by atoms with Crippen molar-refractivity contribution >= 4 is 5.95 Å². The molecule has 0 spiro atoms. The van der Waals surface area contributed by atoms with Crippen LogP contribution in [-0.2, 0) is 12.8 Å². The minimum absolute atomic E-state index is 0.0691. The van der Waals surface area contributed by atoms with E-state index in [9.17, 15) is 4.39 Å². The van der Waals surface area contributed by atoms with Crippen LogP contribution in [0.4, 0.5) is 10.3 Å². The fourth-order valence-corrected chi connectivity index (χ4v) is 2.19. The van der Waals surface area contributed by atoms with Gasteiger partial charge in [-0.3, -0.25) is 4.57 Å². The standard InChI is InChI=1S/C11H12FN5/c12-7-5-14-11(13)16-10(7)17-6-15-8-3-1-2-4-9(8)17/h5-6H,1-4H2,(H2,13,14,16). The molecular formula is C11H12FN5. The van der Waals surface area contributed by atoms with Crippen molar-refractivity contribution in [1.29, 1.82) is 0 Å². The molecule has 0 amide bonds. The summed E-state index contributed by atoms with van der Waals surface area (Å²) in [6, 6.07) is 0. The molecule has 2 aromatic heterocycles. The Morgan fingerprint density at radius 3 is 2.94 bits per heavy atom. The number of rotatable bonds is 1. The smallest absolute Gasteiger partial charge is 0.222 e. The van der Waals surface area contributed by atoms with Crippen LogP contribution in [0.3, 0.4) is 0 Å². The number of halogens is 1. The average Bonchev–Trinajstić information content (AvgIpc) is 2.76. The molecule has 2 N–H and O–H groups in total. The number of aryl methyl sites for hydroxylation is 1. The van der Waals surface area contributed by atoms with Gasteiger partial charge >= 0.3 is 0 Å². The molecule has 0 aliphatic heterocycles. The lowest BCUT2D eigenvalue weighted by atomic mass is 10.0. The fourth-order valence-electron chi connectivity index (χ4n) is 2.19. The molecule has 0 unspecified atom stereocenters. The molecule has 17 heavy (non-hydrogen) atoms. The molecule has 2 heterocycles. The molecule has 1 aliphatic rings. The van der Waals surface area contributed by atoms with Crippen LogP contribution in [-0.4, -0.2) is 19.5 Å². The van der Waals surface area contributed by atoms with Crippen molar-refractivity contribution in [3.05, 3.63) is 29.7 Å². The van der Waals surface area contributed by atoms with E-state index in [1.807, 2.05) is 0 Å². The molecule has 0 saturated heterocycles. The van der Waals surface area contributed by atoms with Gasteiger partial charge in [-0.15, -0.1) is 0 Å². The summed E-state index contributed by atoms with van der Waals surface area (Å²) in [5, 5.41) is 0. The molecule has 0 fully saturated rings. The Kier molecular flexibility index (Phi) is 2.28. The Morgan fingerprint density at radius 2 is 2.06 bits per heavy atom. The van der Waals surface area contributed by atoms with Crippen LogP contribution in [0.15, 0.2) is 12.5 Å². The van der Waals surface area contributed by atoms with Gasteiger partial charge in [-0.1, -0.05) is 0 Å². The second kappa shape index (κ2) is 3.80. The van der Waals surface area contributed by atoms with E-state index < -0.39 is 5.82 Å². The van der Waals surface area contributed by atoms with E-state index in [4.69, 9.17) is 5.73 Å². The lowest BCUT2D eigenvalue weighted by molar-refractivity contribution is 0.593. The Labute approximate surface area is 97.5 Å². The van der Waals surface area contributed by atoms with Crippen molar-refractivity contribution in [3.8, 4) is 5.82 Å². The monoisotopic (exact) mass is 233 g/mol. The quantitative estimate of drug-likeness (QED) is 0.805. The second-order valence-electron chi connectivity index (χ2n) is 4.11. The highest BCUT2D eigenvalue weighted by Gasteiger charge is 2.18. The molecule has 0 radical (unpaired) electrons. The molecule has 6 heteroatoms. The van der Waals surface area contributed by atoms with Crippen molar-refractivity contribution < 1.29 is 4.39 Å². The summed E-state index contributed by atoms with van der Waals surface area (Å²) < 4.78 is 15.4. The summed E-state index contributed by atoms with van der Waals surface area (Å²) >= 11 is 0. The summed E-state index contributed by atoms with van der Waals surface area (Å²) in [5.41, 5.74) is 7.56. The number of imidazole rings is 1. The number of hydrogen-bond donors (Lipinski definition) is 1. The van der Waals surface area contributed by atoms with E-state index in [2.05, 4.69) is 15.0 Å². The predicted molar refractivity (Wildman–Crippen MR) is 60.2 cm³/mol. The highest BCUT2D eigenvalue weighted by molar-refractivity contribution is 5.34. The second-order valence-corrected chi connectivity index (χ2v) is 4.11. The number of aromatic nitrogens is 4. The third kappa shape index (κ3) is 1.65. The minimum atomic E-state index is -0.482. The van der Waals surface area contributed by atoms with Gasteiger partial charge in [-0.2, -0.15) is 4.98 Å². The van der Waals surface area contributed by atoms with E-state index in [1.165, 1.54) is 0 Å². The highest BCUT2D eigenvalue weighted by Crippen LogP contribution is 2.23. The lowest BCUT2D eigenvalue weighted by Crippen LogP contribution is -2.10. The van der Waals surface area contributed by atoms with Gasteiger partial charge in [-0.25, -0.2) is 14.4 Å². The average molecular weight is 233 g/mol. The van der Waals surface area contributed by atoms with Gasteiger partial charge in [0.2, 0.25) is 5.95 Å². The van der Waals surface area contributed by atoms with Crippen LogP contribution < -0.4 is 5.73 Å². The number of anilines is 1. The number of nitrogens with zero attached hydrogens (tertiary/aromatic N) is 4. The highest BCUT2D eigenvalue weighted by atomic mass is 19.1. The van der Waals surface area contributed by atoms with Crippen LogP contribution in [0.25, 0.3) is 5.82 Å². The Morgan fingerprint density at radius 1 is 1.24 bits per heavy atom. The van der Waals surface area contributed by atoms with Gasteiger partial charge in [0, 0.05) is 5.69 Å². The molecule has 5 nitrogen and oxygen atoms in total. The summed E-state index contributed by atoms with van der Waals surface area (Å²) in [4.78, 5) is 11.9. The molecule has 0 atom stereocenters. The summed E-state index contributed by atoms with van der Waals surface area (Å²) in [7, 11) is 0. The maximum Gasteiger partial charge on any atom is 0.222 e. The van der Waals surface area contributed by atoms with Gasteiger partial charge in [0.05, 0.1) is 11.9 Å². The zero-order chi connectivity index (χ0) is 11.8. The zero-order valence-electron chi connectivity index (χ0n) is 9.23. The zero-order valence-corrected chi connectivity index (χ0v) is 9.23. The topological polar surface area (TPSA) is 69.6 Å². The Bertz CT molecular complexity index is 563. The molecule has 2 aromatic rings. The van der Waals surface area contributed by atoms with E-state index in [0.717, 1.165) is 43.3 Å². The molecule has 0 saturated carbocycles. The number of fused-ring (bicyclic) bond motifs is 1. The fraction of sp³-hybridized carbons (Fsp3) is 0.364. The summed E-state index contributed by atoms with van der Waals surface area (Å²) in [5.74, 6) is -0.224. The molecule has 3 rings (SSSR count). The molecular weight excluding hydrogens is 221 g/mol. The van der Waals surface area contributed by atoms with E-state index in [0.29, 0.717) is 0 Å². The van der Waals surface area contributed by atoms with Gasteiger partial charge in [-0.05, 0) is 25.7 Å². The lowest BCUT2D eigenvalue weighted by Gasteiger charge is -2.13. The van der Waals surface area contributed by atoms with E-state index in [1.54, 1.807) is 10.9 Å². The van der Waals surface area contributed by atoms with Gasteiger partial charge in [0.15, 0.2) is 11.6 Å². The number of nitrogens with two attached hydrogens (primary N) is 1. The van der Waals surface area contributed by atoms with Crippen molar-refractivity contribution in [2.75, 3.05) is 5.73 Å². The molecule has 1 aliphatic carbocycles. The maximum absolute atomic E-state index is 13.7. The molecule has 0 bridgehead atoms. The first-order valence-corrected chi connectivity index (χ1v) is 5.59. The first-order chi connectivity index (χ1) is 8.25. The van der Waals surface area contributed by atoms with E-state index >= 15 is 0 Å².